The number of hydrogen-bond acceptors (Lipinski definition) is 15. The minimum atomic E-state index is -4.94. The van der Waals surface area contributed by atoms with Gasteiger partial charge in [0.2, 0.25) is 0 Å². The molecule has 4 unspecified atom stereocenters. The summed E-state index contributed by atoms with van der Waals surface area (Å²) in [6, 6.07) is 0. The molecule has 0 saturated heterocycles. The summed E-state index contributed by atoms with van der Waals surface area (Å²) in [5.74, 6) is 0.0735. The third kappa shape index (κ3) is 52.6. The second kappa shape index (κ2) is 51.7. The van der Waals surface area contributed by atoms with Gasteiger partial charge in [-0.3, -0.25) is 37.3 Å². The highest BCUT2D eigenvalue weighted by molar-refractivity contribution is 7.47. The van der Waals surface area contributed by atoms with Gasteiger partial charge in [0, 0.05) is 25.7 Å². The Kier molecular flexibility index (Phi) is 50.4. The summed E-state index contributed by atoms with van der Waals surface area (Å²) < 4.78 is 67.6. The van der Waals surface area contributed by atoms with Crippen LogP contribution in [0.1, 0.15) is 286 Å². The van der Waals surface area contributed by atoms with Crippen LogP contribution in [0.3, 0.4) is 0 Å². The molecule has 0 amide bonds. The highest BCUT2D eigenvalue weighted by atomic mass is 31.2. The molecule has 3 N–H and O–H groups in total. The molecule has 0 heterocycles. The highest BCUT2D eigenvalue weighted by Gasteiger charge is 2.30. The lowest BCUT2D eigenvalue weighted by atomic mass is 9.99. The molecule has 0 rings (SSSR count). The fourth-order valence-corrected chi connectivity index (χ4v) is 10.3. The molecule has 0 aromatic heterocycles. The van der Waals surface area contributed by atoms with Crippen molar-refractivity contribution < 1.29 is 80.2 Å². The Morgan fingerprint density at radius 3 is 0.962 bits per heavy atom. The maximum atomic E-state index is 12.9. The van der Waals surface area contributed by atoms with Crippen LogP contribution in [-0.2, 0) is 65.4 Å². The van der Waals surface area contributed by atoms with E-state index in [0.29, 0.717) is 31.6 Å². The smallest absolute Gasteiger partial charge is 0.462 e. The van der Waals surface area contributed by atoms with Crippen molar-refractivity contribution in [3.63, 3.8) is 0 Å². The third-order valence-electron chi connectivity index (χ3n) is 14.4. The molecule has 0 bridgehead atoms. The monoisotopic (exact) mass is 1170 g/mol. The van der Waals surface area contributed by atoms with Crippen LogP contribution in [-0.4, -0.2) is 96.7 Å². The molecule has 79 heavy (non-hydrogen) atoms. The van der Waals surface area contributed by atoms with Gasteiger partial charge in [-0.2, -0.15) is 0 Å². The van der Waals surface area contributed by atoms with Crippen molar-refractivity contribution >= 4 is 39.5 Å². The van der Waals surface area contributed by atoms with Crippen molar-refractivity contribution in [1.29, 1.82) is 0 Å². The first kappa shape index (κ1) is 77.1. The number of hydrogen-bond donors (Lipinski definition) is 3. The second-order valence-corrected chi connectivity index (χ2v) is 25.6. The van der Waals surface area contributed by atoms with E-state index in [1.165, 1.54) is 83.5 Å². The SMILES string of the molecule is CCCCCCCC(=O)OC[C@H](COP(=O)(O)OC[C@H](O)COP(=O)(O)OC[C@@H](COC(=O)CCCCCCCCCC(C)C)OC(=O)CCCCCCCCCCCCC(C)CC)OC(=O)CCCCCCCCC(C)CC. The highest BCUT2D eigenvalue weighted by Crippen LogP contribution is 2.45. The van der Waals surface area contributed by atoms with Gasteiger partial charge in [0.1, 0.15) is 19.3 Å². The van der Waals surface area contributed by atoms with Gasteiger partial charge in [0.15, 0.2) is 12.2 Å². The maximum absolute atomic E-state index is 12.9. The third-order valence-corrected chi connectivity index (χ3v) is 16.3. The van der Waals surface area contributed by atoms with Crippen LogP contribution in [0, 0.1) is 17.8 Å². The topological polar surface area (TPSA) is 237 Å². The first-order valence-electron chi connectivity index (χ1n) is 31.4. The summed E-state index contributed by atoms with van der Waals surface area (Å²) >= 11 is 0. The Morgan fingerprint density at radius 2 is 0.646 bits per heavy atom. The van der Waals surface area contributed by atoms with E-state index < -0.39 is 97.5 Å². The Balaban J connectivity index is 5.20. The van der Waals surface area contributed by atoms with E-state index in [2.05, 4.69) is 48.5 Å². The fourth-order valence-electron chi connectivity index (χ4n) is 8.71. The number of carbonyl (C=O) groups is 4. The molecular formula is C60H116O17P2. The molecule has 19 heteroatoms. The molecule has 0 fully saturated rings. The summed E-state index contributed by atoms with van der Waals surface area (Å²) in [7, 11) is -9.87. The van der Waals surface area contributed by atoms with Gasteiger partial charge in [-0.05, 0) is 43.4 Å². The normalized spacial score (nSPS) is 15.2. The van der Waals surface area contributed by atoms with Gasteiger partial charge in [-0.1, -0.05) is 235 Å². The molecule has 0 aliphatic carbocycles. The predicted octanol–water partition coefficient (Wildman–Crippen LogP) is 15.9. The minimum Gasteiger partial charge on any atom is -0.462 e. The summed E-state index contributed by atoms with van der Waals surface area (Å²) in [5.41, 5.74) is 0. The molecule has 0 aromatic rings. The van der Waals surface area contributed by atoms with E-state index in [-0.39, 0.29) is 25.7 Å². The van der Waals surface area contributed by atoms with Crippen molar-refractivity contribution in [3.8, 4) is 0 Å². The number of rotatable bonds is 58. The standard InChI is InChI=1S/C60H116O17P2/c1-8-11-12-24-34-41-57(62)70-47-55(77-60(65)44-37-30-23-22-27-33-40-53(7)10-3)49-74-78(66,67)72-45-54(61)46-73-79(68,69)75-50-56(48-71-58(63)42-35-28-21-17-18-25-31-38-51(4)5)76-59(64)43-36-29-20-16-14-13-15-19-26-32-39-52(6)9-2/h51-56,61H,8-50H2,1-7H3,(H,66,67)(H,68,69)/t52?,53?,54-,55+,56+/m0/s1. The minimum absolute atomic E-state index is 0.101. The number of carbonyl (C=O) groups excluding carboxylic acids is 4. The number of phosphoric ester groups is 2. The Hall–Kier alpha value is -1.94. The molecule has 7 atom stereocenters. The van der Waals surface area contributed by atoms with Gasteiger partial charge in [0.25, 0.3) is 0 Å². The number of phosphoric acid groups is 2. The molecule has 0 spiro atoms. The molecule has 0 aliphatic rings. The van der Waals surface area contributed by atoms with Crippen LogP contribution in [0.2, 0.25) is 0 Å². The molecule has 17 nitrogen and oxygen atoms in total. The summed E-state index contributed by atoms with van der Waals surface area (Å²) in [6.07, 6.45) is 31.1. The first-order valence-corrected chi connectivity index (χ1v) is 34.4. The second-order valence-electron chi connectivity index (χ2n) is 22.7. The molecular weight excluding hydrogens is 1050 g/mol. The molecule has 0 radical (unpaired) electrons. The van der Waals surface area contributed by atoms with Gasteiger partial charge < -0.3 is 33.8 Å². The number of aliphatic hydroxyl groups is 1. The van der Waals surface area contributed by atoms with Crippen LogP contribution in [0.4, 0.5) is 0 Å². The zero-order chi connectivity index (χ0) is 58.8. The zero-order valence-corrected chi connectivity index (χ0v) is 52.6. The Bertz CT molecular complexity index is 1580. The van der Waals surface area contributed by atoms with Gasteiger partial charge in [0.05, 0.1) is 26.4 Å². The number of aliphatic hydroxyl groups excluding tert-OH is 1. The largest absolute Gasteiger partial charge is 0.472 e. The van der Waals surface area contributed by atoms with E-state index in [0.717, 1.165) is 115 Å². The number of unbranched alkanes of at least 4 members (excludes halogenated alkanes) is 24. The molecule has 468 valence electrons. The lowest BCUT2D eigenvalue weighted by Crippen LogP contribution is -2.30. The fraction of sp³-hybridized carbons (Fsp3) is 0.933. The quantitative estimate of drug-likeness (QED) is 0.0222. The van der Waals surface area contributed by atoms with Gasteiger partial charge in [-0.15, -0.1) is 0 Å². The van der Waals surface area contributed by atoms with Gasteiger partial charge >= 0.3 is 39.5 Å². The number of ether oxygens (including phenoxy) is 4. The average molecular weight is 1170 g/mol. The van der Waals surface area contributed by atoms with Crippen molar-refractivity contribution in [3.05, 3.63) is 0 Å². The molecule has 0 aromatic carbocycles. The Morgan fingerprint density at radius 1 is 0.367 bits per heavy atom. The van der Waals surface area contributed by atoms with E-state index in [4.69, 9.17) is 37.0 Å². The van der Waals surface area contributed by atoms with E-state index >= 15 is 0 Å². The number of esters is 4. The summed E-state index contributed by atoms with van der Waals surface area (Å²) in [5, 5.41) is 10.5. The van der Waals surface area contributed by atoms with Crippen LogP contribution < -0.4 is 0 Å². The van der Waals surface area contributed by atoms with Crippen molar-refractivity contribution in [1.82, 2.24) is 0 Å². The van der Waals surface area contributed by atoms with Crippen LogP contribution >= 0.6 is 15.6 Å². The van der Waals surface area contributed by atoms with E-state index in [1.54, 1.807) is 0 Å². The van der Waals surface area contributed by atoms with Crippen LogP contribution in [0.15, 0.2) is 0 Å². The van der Waals surface area contributed by atoms with Crippen molar-refractivity contribution in [2.24, 2.45) is 17.8 Å². The lowest BCUT2D eigenvalue weighted by Gasteiger charge is -2.21. The molecule has 0 saturated carbocycles. The predicted molar refractivity (Wildman–Crippen MR) is 312 cm³/mol. The van der Waals surface area contributed by atoms with E-state index in [9.17, 15) is 43.2 Å². The van der Waals surface area contributed by atoms with Crippen LogP contribution in [0.25, 0.3) is 0 Å². The van der Waals surface area contributed by atoms with Crippen LogP contribution in [0.5, 0.6) is 0 Å². The Labute approximate surface area is 479 Å². The van der Waals surface area contributed by atoms with Gasteiger partial charge in [-0.25, -0.2) is 9.13 Å². The van der Waals surface area contributed by atoms with Crippen molar-refractivity contribution in [2.75, 3.05) is 39.6 Å². The van der Waals surface area contributed by atoms with E-state index in [1.807, 2.05) is 0 Å². The first-order chi connectivity index (χ1) is 37.8. The molecule has 0 aliphatic heterocycles. The maximum Gasteiger partial charge on any atom is 0.472 e. The lowest BCUT2D eigenvalue weighted by molar-refractivity contribution is -0.161. The average Bonchev–Trinajstić information content (AvgIpc) is 3.41. The summed E-state index contributed by atoms with van der Waals surface area (Å²) in [6.45, 7) is 11.6. The van der Waals surface area contributed by atoms with Crippen molar-refractivity contribution in [2.45, 2.75) is 304 Å². The zero-order valence-electron chi connectivity index (χ0n) is 50.8. The summed E-state index contributed by atoms with van der Waals surface area (Å²) in [4.78, 5) is 71.8.